The SMILES string of the molecule is COc1ccc(/C=N\NC(=O)C2CCN(c3ncc(C(F)(F)F)cc3Cl)CC2)cc1. The summed E-state index contributed by atoms with van der Waals surface area (Å²) in [5.74, 6) is 0.569. The maximum Gasteiger partial charge on any atom is 0.417 e. The van der Waals surface area contributed by atoms with E-state index in [2.05, 4.69) is 15.5 Å². The third-order valence-corrected chi connectivity index (χ3v) is 5.10. The number of anilines is 1. The highest BCUT2D eigenvalue weighted by molar-refractivity contribution is 6.33. The maximum atomic E-state index is 12.8. The van der Waals surface area contributed by atoms with E-state index in [0.717, 1.165) is 23.6 Å². The van der Waals surface area contributed by atoms with Crippen LogP contribution in [-0.2, 0) is 11.0 Å². The highest BCUT2D eigenvalue weighted by Gasteiger charge is 2.33. The molecular weight excluding hydrogens is 421 g/mol. The lowest BCUT2D eigenvalue weighted by molar-refractivity contribution is -0.137. The van der Waals surface area contributed by atoms with Crippen molar-refractivity contribution in [1.82, 2.24) is 10.4 Å². The summed E-state index contributed by atoms with van der Waals surface area (Å²) >= 11 is 6.00. The molecule has 2 aromatic rings. The zero-order chi connectivity index (χ0) is 21.7. The number of hydrogen-bond acceptors (Lipinski definition) is 5. The number of rotatable bonds is 5. The highest BCUT2D eigenvalue weighted by Crippen LogP contribution is 2.34. The number of benzene rings is 1. The summed E-state index contributed by atoms with van der Waals surface area (Å²) in [6.45, 7) is 0.913. The van der Waals surface area contributed by atoms with Crippen LogP contribution in [0.4, 0.5) is 19.0 Å². The van der Waals surface area contributed by atoms with Gasteiger partial charge in [0.1, 0.15) is 11.6 Å². The van der Waals surface area contributed by atoms with E-state index in [-0.39, 0.29) is 16.8 Å². The van der Waals surface area contributed by atoms with E-state index >= 15 is 0 Å². The van der Waals surface area contributed by atoms with Gasteiger partial charge in [0.2, 0.25) is 5.91 Å². The number of hydrazone groups is 1. The second-order valence-corrected chi connectivity index (χ2v) is 7.20. The molecule has 2 heterocycles. The third-order valence-electron chi connectivity index (χ3n) is 4.82. The number of carbonyl (C=O) groups excluding carboxylic acids is 1. The molecule has 1 saturated heterocycles. The first-order valence-corrected chi connectivity index (χ1v) is 9.60. The second kappa shape index (κ2) is 9.34. The summed E-state index contributed by atoms with van der Waals surface area (Å²) in [6, 6.07) is 8.08. The van der Waals surface area contributed by atoms with Crippen molar-refractivity contribution in [2.45, 2.75) is 19.0 Å². The van der Waals surface area contributed by atoms with Crippen molar-refractivity contribution < 1.29 is 22.7 Å². The molecule has 1 aliphatic rings. The topological polar surface area (TPSA) is 66.8 Å². The fourth-order valence-corrected chi connectivity index (χ4v) is 3.41. The Hall–Kier alpha value is -2.81. The molecule has 10 heteroatoms. The maximum absolute atomic E-state index is 12.8. The predicted molar refractivity (Wildman–Crippen MR) is 108 cm³/mol. The number of hydrogen-bond donors (Lipinski definition) is 1. The van der Waals surface area contributed by atoms with Gasteiger partial charge in [0.15, 0.2) is 0 Å². The standard InChI is InChI=1S/C20H20ClF3N4O2/c1-30-16-4-2-13(3-5-16)11-26-27-19(29)14-6-8-28(9-7-14)18-17(21)10-15(12-25-18)20(22,23)24/h2-5,10-12,14H,6-9H2,1H3,(H,27,29)/b26-11-. The average Bonchev–Trinajstić information content (AvgIpc) is 2.73. The Morgan fingerprint density at radius 1 is 1.30 bits per heavy atom. The van der Waals surface area contributed by atoms with Crippen LogP contribution in [0.5, 0.6) is 5.75 Å². The van der Waals surface area contributed by atoms with Gasteiger partial charge in [-0.1, -0.05) is 11.6 Å². The van der Waals surface area contributed by atoms with E-state index in [4.69, 9.17) is 16.3 Å². The molecule has 0 saturated carbocycles. The monoisotopic (exact) mass is 440 g/mol. The third kappa shape index (κ3) is 5.41. The molecule has 160 valence electrons. The number of pyridine rings is 1. The van der Waals surface area contributed by atoms with Gasteiger partial charge in [-0.25, -0.2) is 10.4 Å². The van der Waals surface area contributed by atoms with Gasteiger partial charge in [0, 0.05) is 25.2 Å². The lowest BCUT2D eigenvalue weighted by atomic mass is 9.96. The number of amides is 1. The molecule has 0 aliphatic carbocycles. The smallest absolute Gasteiger partial charge is 0.417 e. The molecule has 1 aliphatic heterocycles. The van der Waals surface area contributed by atoms with Gasteiger partial charge in [-0.2, -0.15) is 18.3 Å². The van der Waals surface area contributed by atoms with Crippen LogP contribution < -0.4 is 15.1 Å². The summed E-state index contributed by atoms with van der Waals surface area (Å²) in [6.07, 6.45) is -1.15. The largest absolute Gasteiger partial charge is 0.497 e. The van der Waals surface area contributed by atoms with Crippen molar-refractivity contribution >= 4 is 29.5 Å². The molecule has 3 rings (SSSR count). The molecule has 0 bridgehead atoms. The number of ether oxygens (including phenoxy) is 1. The van der Waals surface area contributed by atoms with Crippen molar-refractivity contribution in [3.05, 3.63) is 52.7 Å². The van der Waals surface area contributed by atoms with Gasteiger partial charge in [-0.15, -0.1) is 0 Å². The number of nitrogens with one attached hydrogen (secondary N) is 1. The molecular formula is C20H20ClF3N4O2. The zero-order valence-electron chi connectivity index (χ0n) is 16.1. The molecule has 0 radical (unpaired) electrons. The fourth-order valence-electron chi connectivity index (χ4n) is 3.12. The van der Waals surface area contributed by atoms with Gasteiger partial charge in [0.05, 0.1) is 23.9 Å². The van der Waals surface area contributed by atoms with Crippen LogP contribution in [0.15, 0.2) is 41.6 Å². The van der Waals surface area contributed by atoms with Crippen molar-refractivity contribution in [1.29, 1.82) is 0 Å². The quantitative estimate of drug-likeness (QED) is 0.561. The fraction of sp³-hybridized carbons (Fsp3) is 0.350. The number of aromatic nitrogens is 1. The number of piperidine rings is 1. The summed E-state index contributed by atoms with van der Waals surface area (Å²) in [5, 5.41) is 3.92. The van der Waals surface area contributed by atoms with Crippen molar-refractivity contribution in [3.8, 4) is 5.75 Å². The number of nitrogens with zero attached hydrogens (tertiary/aromatic N) is 3. The van der Waals surface area contributed by atoms with E-state index < -0.39 is 11.7 Å². The molecule has 0 atom stereocenters. The van der Waals surface area contributed by atoms with Crippen LogP contribution in [0.25, 0.3) is 0 Å². The number of methoxy groups -OCH3 is 1. The van der Waals surface area contributed by atoms with Crippen LogP contribution in [0, 0.1) is 5.92 Å². The second-order valence-electron chi connectivity index (χ2n) is 6.80. The Kier molecular flexibility index (Phi) is 6.81. The molecule has 1 aromatic heterocycles. The lowest BCUT2D eigenvalue weighted by Gasteiger charge is -2.32. The number of halogens is 4. The van der Waals surface area contributed by atoms with E-state index in [1.54, 1.807) is 30.4 Å². The summed E-state index contributed by atoms with van der Waals surface area (Å²) in [4.78, 5) is 18.0. The van der Waals surface area contributed by atoms with E-state index in [1.807, 2.05) is 12.1 Å². The van der Waals surface area contributed by atoms with Gasteiger partial charge < -0.3 is 9.64 Å². The summed E-state index contributed by atoms with van der Waals surface area (Å²) < 4.78 is 43.3. The first-order valence-electron chi connectivity index (χ1n) is 9.22. The van der Waals surface area contributed by atoms with Gasteiger partial charge in [0.25, 0.3) is 0 Å². The van der Waals surface area contributed by atoms with Crippen LogP contribution in [0.1, 0.15) is 24.0 Å². The van der Waals surface area contributed by atoms with E-state index in [9.17, 15) is 18.0 Å². The predicted octanol–water partition coefficient (Wildman–Crippen LogP) is 4.13. The Morgan fingerprint density at radius 2 is 1.97 bits per heavy atom. The van der Waals surface area contributed by atoms with Crippen LogP contribution >= 0.6 is 11.6 Å². The lowest BCUT2D eigenvalue weighted by Crippen LogP contribution is -2.39. The molecule has 6 nitrogen and oxygen atoms in total. The Balaban J connectivity index is 1.52. The average molecular weight is 441 g/mol. The molecule has 0 unspecified atom stereocenters. The minimum atomic E-state index is -4.49. The Bertz CT molecular complexity index is 911. The zero-order valence-corrected chi connectivity index (χ0v) is 16.9. The van der Waals surface area contributed by atoms with Crippen LogP contribution in [0.3, 0.4) is 0 Å². The molecule has 1 fully saturated rings. The van der Waals surface area contributed by atoms with E-state index in [1.165, 1.54) is 0 Å². The van der Waals surface area contributed by atoms with Gasteiger partial charge in [-0.05, 0) is 48.7 Å². The van der Waals surface area contributed by atoms with E-state index in [0.29, 0.717) is 31.7 Å². The van der Waals surface area contributed by atoms with Crippen molar-refractivity contribution in [2.24, 2.45) is 11.0 Å². The molecule has 0 spiro atoms. The van der Waals surface area contributed by atoms with Gasteiger partial charge in [-0.3, -0.25) is 4.79 Å². The molecule has 1 amide bonds. The molecule has 1 N–H and O–H groups in total. The first-order chi connectivity index (χ1) is 14.3. The highest BCUT2D eigenvalue weighted by atomic mass is 35.5. The van der Waals surface area contributed by atoms with Crippen LogP contribution in [-0.4, -0.2) is 37.3 Å². The minimum absolute atomic E-state index is 0.0585. The van der Waals surface area contributed by atoms with Crippen molar-refractivity contribution in [2.75, 3.05) is 25.1 Å². The number of alkyl halides is 3. The van der Waals surface area contributed by atoms with Gasteiger partial charge >= 0.3 is 6.18 Å². The Morgan fingerprint density at radius 3 is 2.53 bits per heavy atom. The van der Waals surface area contributed by atoms with Crippen molar-refractivity contribution in [3.63, 3.8) is 0 Å². The summed E-state index contributed by atoms with van der Waals surface area (Å²) in [5.41, 5.74) is 2.46. The Labute approximate surface area is 176 Å². The van der Waals surface area contributed by atoms with Crippen LogP contribution in [0.2, 0.25) is 5.02 Å². The minimum Gasteiger partial charge on any atom is -0.497 e. The molecule has 30 heavy (non-hydrogen) atoms. The molecule has 1 aromatic carbocycles. The number of carbonyl (C=O) groups is 1. The first kappa shape index (κ1) is 21.9. The normalized spacial score (nSPS) is 15.4. The summed E-state index contributed by atoms with van der Waals surface area (Å²) in [7, 11) is 1.58.